The number of anilines is 1. The lowest BCUT2D eigenvalue weighted by Crippen LogP contribution is -2.36. The Morgan fingerprint density at radius 1 is 1.57 bits per heavy atom. The Morgan fingerprint density at radius 2 is 2.26 bits per heavy atom. The fourth-order valence-electron chi connectivity index (χ4n) is 2.24. The molecule has 1 aliphatic heterocycles. The lowest BCUT2D eigenvalue weighted by atomic mass is 10.1. The van der Waals surface area contributed by atoms with E-state index < -0.39 is 36.3 Å². The summed E-state index contributed by atoms with van der Waals surface area (Å²) >= 11 is 0. The van der Waals surface area contributed by atoms with Crippen molar-refractivity contribution in [2.45, 2.75) is 38.4 Å². The normalized spacial score (nSPS) is 26.8. The summed E-state index contributed by atoms with van der Waals surface area (Å²) in [5.74, 6) is -0.0132. The molecule has 1 saturated heterocycles. The maximum atomic E-state index is 12.1. The first kappa shape index (κ1) is 17.1. The van der Waals surface area contributed by atoms with Crippen LogP contribution in [0.2, 0.25) is 0 Å². The molecule has 23 heavy (non-hydrogen) atoms. The van der Waals surface area contributed by atoms with Crippen LogP contribution >= 0.6 is 0 Å². The highest BCUT2D eigenvalue weighted by Crippen LogP contribution is 2.28. The maximum absolute atomic E-state index is 12.1. The summed E-state index contributed by atoms with van der Waals surface area (Å²) in [4.78, 5) is 27.3. The van der Waals surface area contributed by atoms with Gasteiger partial charge in [-0.1, -0.05) is 12.7 Å². The lowest BCUT2D eigenvalue weighted by molar-refractivity contribution is -0.0350. The summed E-state index contributed by atoms with van der Waals surface area (Å²) in [6.07, 6.45) is -2.13. The number of carbonyl (C=O) groups is 1. The average molecular weight is 325 g/mol. The van der Waals surface area contributed by atoms with Gasteiger partial charge in [0, 0.05) is 11.8 Å². The van der Waals surface area contributed by atoms with Crippen molar-refractivity contribution in [2.75, 3.05) is 11.9 Å². The largest absolute Gasteiger partial charge is 0.450 e. The van der Waals surface area contributed by atoms with Crippen LogP contribution in [0.3, 0.4) is 0 Å². The van der Waals surface area contributed by atoms with E-state index in [-0.39, 0.29) is 12.4 Å². The number of amides is 1. The van der Waals surface area contributed by atoms with Crippen molar-refractivity contribution in [3.05, 3.63) is 28.8 Å². The van der Waals surface area contributed by atoms with Gasteiger partial charge in [-0.2, -0.15) is 4.98 Å². The summed E-state index contributed by atoms with van der Waals surface area (Å²) in [6, 6.07) is 0. The molecule has 2 heterocycles. The van der Waals surface area contributed by atoms with Gasteiger partial charge in [0.15, 0.2) is 6.23 Å². The Hall–Kier alpha value is -2.23. The van der Waals surface area contributed by atoms with Gasteiger partial charge < -0.3 is 19.7 Å². The van der Waals surface area contributed by atoms with E-state index in [0.29, 0.717) is 5.56 Å². The fraction of sp³-hybridized carbons (Fsp3) is 0.500. The zero-order valence-electron chi connectivity index (χ0n) is 12.8. The monoisotopic (exact) mass is 325 g/mol. The van der Waals surface area contributed by atoms with E-state index in [1.165, 1.54) is 12.3 Å². The van der Waals surface area contributed by atoms with Gasteiger partial charge in [0.1, 0.15) is 18.0 Å². The Balaban J connectivity index is 2.35. The van der Waals surface area contributed by atoms with E-state index >= 15 is 0 Å². The summed E-state index contributed by atoms with van der Waals surface area (Å²) < 4.78 is 11.2. The zero-order valence-corrected chi connectivity index (χ0v) is 12.8. The van der Waals surface area contributed by atoms with E-state index in [4.69, 9.17) is 9.47 Å². The van der Waals surface area contributed by atoms with Crippen LogP contribution in [0.4, 0.5) is 10.6 Å². The predicted octanol–water partition coefficient (Wildman–Crippen LogP) is 0.0938. The van der Waals surface area contributed by atoms with Crippen LogP contribution in [0.25, 0.3) is 6.08 Å². The highest BCUT2D eigenvalue weighted by molar-refractivity contribution is 5.85. The molecule has 0 saturated carbocycles. The third-order valence-corrected chi connectivity index (χ3v) is 3.45. The van der Waals surface area contributed by atoms with E-state index in [2.05, 4.69) is 16.9 Å². The molecule has 1 aliphatic rings. The Morgan fingerprint density at radius 3 is 2.78 bits per heavy atom. The SMILES string of the molecule is C=Cc1cn([C@@H]2O[C@H](C)C(O)C2O)c(=O)nc1NC(=O)OCC. The number of aliphatic hydroxyl groups excluding tert-OH is 2. The second kappa shape index (κ2) is 6.90. The van der Waals surface area contributed by atoms with Crippen LogP contribution in [0, 0.1) is 0 Å². The highest BCUT2D eigenvalue weighted by atomic mass is 16.6. The van der Waals surface area contributed by atoms with Gasteiger partial charge in [-0.3, -0.25) is 9.88 Å². The first-order valence-corrected chi connectivity index (χ1v) is 7.10. The molecule has 0 radical (unpaired) electrons. The minimum absolute atomic E-state index is 0.0132. The van der Waals surface area contributed by atoms with E-state index in [1.54, 1.807) is 13.8 Å². The van der Waals surface area contributed by atoms with Gasteiger partial charge in [-0.25, -0.2) is 9.59 Å². The molecule has 1 amide bonds. The smallest absolute Gasteiger partial charge is 0.412 e. The van der Waals surface area contributed by atoms with Crippen molar-refractivity contribution in [2.24, 2.45) is 0 Å². The van der Waals surface area contributed by atoms with Gasteiger partial charge in [0.2, 0.25) is 0 Å². The molecule has 0 aromatic carbocycles. The fourth-order valence-corrected chi connectivity index (χ4v) is 2.24. The Kier molecular flexibility index (Phi) is 5.14. The predicted molar refractivity (Wildman–Crippen MR) is 80.8 cm³/mol. The molecule has 2 rings (SSSR count). The number of rotatable bonds is 4. The molecule has 0 bridgehead atoms. The third-order valence-electron chi connectivity index (χ3n) is 3.45. The molecule has 9 nitrogen and oxygen atoms in total. The van der Waals surface area contributed by atoms with Gasteiger partial charge in [0.25, 0.3) is 0 Å². The summed E-state index contributed by atoms with van der Waals surface area (Å²) in [6.45, 7) is 6.99. The van der Waals surface area contributed by atoms with Gasteiger partial charge >= 0.3 is 11.8 Å². The van der Waals surface area contributed by atoms with Crippen LogP contribution < -0.4 is 11.0 Å². The quantitative estimate of drug-likeness (QED) is 0.717. The molecule has 126 valence electrons. The van der Waals surface area contributed by atoms with Crippen LogP contribution in [-0.2, 0) is 9.47 Å². The van der Waals surface area contributed by atoms with Crippen molar-refractivity contribution < 1.29 is 24.5 Å². The number of hydrogen-bond acceptors (Lipinski definition) is 7. The van der Waals surface area contributed by atoms with E-state index in [1.807, 2.05) is 0 Å². The molecule has 3 N–H and O–H groups in total. The van der Waals surface area contributed by atoms with Crippen molar-refractivity contribution in [1.82, 2.24) is 9.55 Å². The van der Waals surface area contributed by atoms with Gasteiger partial charge in [-0.15, -0.1) is 0 Å². The Labute approximate surface area is 132 Å². The molecule has 1 aromatic rings. The van der Waals surface area contributed by atoms with E-state index in [0.717, 1.165) is 4.57 Å². The second-order valence-corrected chi connectivity index (χ2v) is 5.00. The summed E-state index contributed by atoms with van der Waals surface area (Å²) in [5.41, 5.74) is -0.421. The first-order valence-electron chi connectivity index (χ1n) is 7.10. The second-order valence-electron chi connectivity index (χ2n) is 5.00. The topological polar surface area (TPSA) is 123 Å². The number of nitrogens with zero attached hydrogens (tertiary/aromatic N) is 2. The Bertz CT molecular complexity index is 658. The number of carbonyl (C=O) groups excluding carboxylic acids is 1. The van der Waals surface area contributed by atoms with Crippen LogP contribution in [-0.4, -0.2) is 50.8 Å². The van der Waals surface area contributed by atoms with Crippen LogP contribution in [0.5, 0.6) is 0 Å². The summed E-state index contributed by atoms with van der Waals surface area (Å²) in [5, 5.41) is 22.1. The van der Waals surface area contributed by atoms with Gasteiger partial charge in [-0.05, 0) is 13.8 Å². The maximum Gasteiger partial charge on any atom is 0.412 e. The van der Waals surface area contributed by atoms with Crippen LogP contribution in [0.15, 0.2) is 17.6 Å². The molecule has 9 heteroatoms. The van der Waals surface area contributed by atoms with Crippen molar-refractivity contribution in [3.8, 4) is 0 Å². The number of aliphatic hydroxyl groups is 2. The van der Waals surface area contributed by atoms with Crippen molar-refractivity contribution in [1.29, 1.82) is 0 Å². The minimum atomic E-state index is -1.27. The average Bonchev–Trinajstić information content (AvgIpc) is 2.75. The number of ether oxygens (including phenoxy) is 2. The molecule has 1 fully saturated rings. The standard InChI is InChI=1S/C14H19N3O6/c1-4-8-6-17(12-10(19)9(18)7(3)23-12)13(20)15-11(8)16-14(21)22-5-2/h4,6-7,9-10,12,18-19H,1,5H2,2-3H3,(H,15,16,20,21)/t7-,9?,10?,12-/m1/s1. The third kappa shape index (κ3) is 3.41. The van der Waals surface area contributed by atoms with Gasteiger partial charge in [0.05, 0.1) is 12.7 Å². The molecule has 0 spiro atoms. The number of hydrogen-bond donors (Lipinski definition) is 3. The van der Waals surface area contributed by atoms with E-state index in [9.17, 15) is 19.8 Å². The molecular weight excluding hydrogens is 306 g/mol. The van der Waals surface area contributed by atoms with Crippen molar-refractivity contribution >= 4 is 18.0 Å². The molecular formula is C14H19N3O6. The molecule has 0 aliphatic carbocycles. The first-order chi connectivity index (χ1) is 10.9. The number of aromatic nitrogens is 2. The summed E-state index contributed by atoms with van der Waals surface area (Å²) in [7, 11) is 0. The molecule has 1 aromatic heterocycles. The minimum Gasteiger partial charge on any atom is -0.450 e. The highest BCUT2D eigenvalue weighted by Gasteiger charge is 2.41. The lowest BCUT2D eigenvalue weighted by Gasteiger charge is -2.18. The zero-order chi connectivity index (χ0) is 17.1. The van der Waals surface area contributed by atoms with Crippen LogP contribution in [0.1, 0.15) is 25.6 Å². The molecule has 2 unspecified atom stereocenters. The number of nitrogens with one attached hydrogen (secondary N) is 1. The molecule has 4 atom stereocenters. The van der Waals surface area contributed by atoms with Crippen molar-refractivity contribution in [3.63, 3.8) is 0 Å².